The highest BCUT2D eigenvalue weighted by Gasteiger charge is 2.27. The fourth-order valence-electron chi connectivity index (χ4n) is 3.51. The maximum atomic E-state index is 12.4. The van der Waals surface area contributed by atoms with Crippen molar-refractivity contribution < 1.29 is 9.59 Å². The van der Waals surface area contributed by atoms with Gasteiger partial charge < -0.3 is 10.2 Å². The van der Waals surface area contributed by atoms with Gasteiger partial charge in [-0.05, 0) is 61.1 Å². The lowest BCUT2D eigenvalue weighted by Gasteiger charge is -2.22. The molecule has 0 saturated heterocycles. The number of hydrogen-bond donors (Lipinski definition) is 1. The Morgan fingerprint density at radius 1 is 1.16 bits per heavy atom. The zero-order valence-electron chi connectivity index (χ0n) is 17.9. The van der Waals surface area contributed by atoms with E-state index in [9.17, 15) is 9.59 Å². The van der Waals surface area contributed by atoms with E-state index in [1.807, 2.05) is 30.3 Å². The second kappa shape index (κ2) is 9.92. The first kappa shape index (κ1) is 22.0. The summed E-state index contributed by atoms with van der Waals surface area (Å²) in [6.45, 7) is 2.79. The number of halogens is 1. The Bertz CT molecular complexity index is 1100. The Morgan fingerprint density at radius 2 is 2.00 bits per heavy atom. The standard InChI is InChI=1S/C25H25ClN4O2/c1-17(31)30(16-19-4-5-19)24-9-7-20(13-22(24)26)23-8-6-21(15-29-23)25(32)28-12-10-18-3-2-11-27-14-18/h2-3,6-9,11,13-15,19H,4-5,10,12,16H2,1H3,(H,28,32). The largest absolute Gasteiger partial charge is 0.352 e. The van der Waals surface area contributed by atoms with Crippen molar-refractivity contribution in [3.63, 3.8) is 0 Å². The molecule has 3 aromatic rings. The predicted octanol–water partition coefficient (Wildman–Crippen LogP) is 4.53. The van der Waals surface area contributed by atoms with Crippen LogP contribution in [-0.4, -0.2) is 34.9 Å². The molecule has 0 unspecified atom stereocenters. The van der Waals surface area contributed by atoms with Crippen molar-refractivity contribution in [1.82, 2.24) is 15.3 Å². The van der Waals surface area contributed by atoms with Gasteiger partial charge in [0.2, 0.25) is 5.91 Å². The molecule has 6 nitrogen and oxygen atoms in total. The molecule has 1 saturated carbocycles. The molecule has 32 heavy (non-hydrogen) atoms. The number of amides is 2. The van der Waals surface area contributed by atoms with Gasteiger partial charge >= 0.3 is 0 Å². The summed E-state index contributed by atoms with van der Waals surface area (Å²) in [4.78, 5) is 34.7. The van der Waals surface area contributed by atoms with Gasteiger partial charge in [-0.15, -0.1) is 0 Å². The summed E-state index contributed by atoms with van der Waals surface area (Å²) in [5.74, 6) is 0.390. The second-order valence-electron chi connectivity index (χ2n) is 8.04. The molecule has 0 aliphatic heterocycles. The molecule has 1 fully saturated rings. The zero-order chi connectivity index (χ0) is 22.5. The van der Waals surface area contributed by atoms with E-state index in [0.717, 1.165) is 29.7 Å². The van der Waals surface area contributed by atoms with Crippen LogP contribution in [0.25, 0.3) is 11.3 Å². The number of pyridine rings is 2. The molecule has 1 N–H and O–H groups in total. The quantitative estimate of drug-likeness (QED) is 0.549. The van der Waals surface area contributed by atoms with Crippen LogP contribution in [0.2, 0.25) is 5.02 Å². The minimum absolute atomic E-state index is 0.0106. The fourth-order valence-corrected chi connectivity index (χ4v) is 3.79. The molecule has 1 aliphatic rings. The number of hydrogen-bond acceptors (Lipinski definition) is 4. The summed E-state index contributed by atoms with van der Waals surface area (Å²) in [5.41, 5.74) is 3.83. The highest BCUT2D eigenvalue weighted by molar-refractivity contribution is 6.34. The van der Waals surface area contributed by atoms with Crippen LogP contribution in [-0.2, 0) is 11.2 Å². The van der Waals surface area contributed by atoms with E-state index < -0.39 is 0 Å². The van der Waals surface area contributed by atoms with Crippen LogP contribution in [0.3, 0.4) is 0 Å². The highest BCUT2D eigenvalue weighted by Crippen LogP contribution is 2.35. The van der Waals surface area contributed by atoms with Gasteiger partial charge in [0.15, 0.2) is 0 Å². The van der Waals surface area contributed by atoms with Crippen LogP contribution in [0, 0.1) is 5.92 Å². The van der Waals surface area contributed by atoms with Gasteiger partial charge in [-0.3, -0.25) is 19.6 Å². The summed E-state index contributed by atoms with van der Waals surface area (Å²) < 4.78 is 0. The molecular formula is C25H25ClN4O2. The van der Waals surface area contributed by atoms with Crippen molar-refractivity contribution in [3.8, 4) is 11.3 Å². The number of carbonyl (C=O) groups excluding carboxylic acids is 2. The molecule has 0 radical (unpaired) electrons. The van der Waals surface area contributed by atoms with Crippen molar-refractivity contribution in [3.05, 3.63) is 77.2 Å². The lowest BCUT2D eigenvalue weighted by atomic mass is 10.1. The third kappa shape index (κ3) is 5.51. The van der Waals surface area contributed by atoms with Gasteiger partial charge in [0.25, 0.3) is 5.91 Å². The van der Waals surface area contributed by atoms with Gasteiger partial charge in [-0.2, -0.15) is 0 Å². The average molecular weight is 449 g/mol. The highest BCUT2D eigenvalue weighted by atomic mass is 35.5. The van der Waals surface area contributed by atoms with Gasteiger partial charge in [-0.1, -0.05) is 23.7 Å². The third-order valence-corrected chi connectivity index (χ3v) is 5.80. The molecule has 164 valence electrons. The van der Waals surface area contributed by atoms with Crippen LogP contribution in [0.5, 0.6) is 0 Å². The minimum atomic E-state index is -0.168. The fraction of sp³-hybridized carbons (Fsp3) is 0.280. The molecule has 1 aromatic carbocycles. The summed E-state index contributed by atoms with van der Waals surface area (Å²) in [6.07, 6.45) is 8.11. The van der Waals surface area contributed by atoms with Crippen LogP contribution in [0.15, 0.2) is 61.1 Å². The van der Waals surface area contributed by atoms with Crippen molar-refractivity contribution in [2.24, 2.45) is 5.92 Å². The van der Waals surface area contributed by atoms with Crippen LogP contribution < -0.4 is 10.2 Å². The lowest BCUT2D eigenvalue weighted by molar-refractivity contribution is -0.116. The first-order valence-electron chi connectivity index (χ1n) is 10.7. The SMILES string of the molecule is CC(=O)N(CC1CC1)c1ccc(-c2ccc(C(=O)NCCc3cccnc3)cn2)cc1Cl. The monoisotopic (exact) mass is 448 g/mol. The molecule has 4 rings (SSSR count). The molecule has 2 heterocycles. The molecule has 0 atom stereocenters. The summed E-state index contributed by atoms with van der Waals surface area (Å²) in [7, 11) is 0. The average Bonchev–Trinajstić information content (AvgIpc) is 3.63. The Hall–Kier alpha value is -3.25. The third-order valence-electron chi connectivity index (χ3n) is 5.50. The number of anilines is 1. The topological polar surface area (TPSA) is 75.2 Å². The van der Waals surface area contributed by atoms with E-state index in [4.69, 9.17) is 11.6 Å². The maximum Gasteiger partial charge on any atom is 0.252 e. The van der Waals surface area contributed by atoms with Crippen molar-refractivity contribution in [1.29, 1.82) is 0 Å². The Balaban J connectivity index is 1.40. The molecule has 0 spiro atoms. The number of nitrogens with one attached hydrogen (secondary N) is 1. The van der Waals surface area contributed by atoms with Crippen molar-refractivity contribution in [2.45, 2.75) is 26.2 Å². The second-order valence-corrected chi connectivity index (χ2v) is 8.45. The Labute approximate surface area is 192 Å². The molecule has 2 amide bonds. The first-order chi connectivity index (χ1) is 15.5. The van der Waals surface area contributed by atoms with Gasteiger partial charge in [0, 0.05) is 44.2 Å². The van der Waals surface area contributed by atoms with E-state index >= 15 is 0 Å². The van der Waals surface area contributed by atoms with Gasteiger partial charge in [0.1, 0.15) is 0 Å². The Morgan fingerprint density at radius 3 is 2.62 bits per heavy atom. The summed E-state index contributed by atoms with van der Waals surface area (Å²) in [6, 6.07) is 13.0. The number of benzene rings is 1. The van der Waals surface area contributed by atoms with Gasteiger partial charge in [-0.25, -0.2) is 0 Å². The van der Waals surface area contributed by atoms with E-state index in [0.29, 0.717) is 41.7 Å². The normalized spacial score (nSPS) is 12.9. The summed E-state index contributed by atoms with van der Waals surface area (Å²) in [5, 5.41) is 3.41. The van der Waals surface area contributed by atoms with Gasteiger partial charge in [0.05, 0.1) is 22.0 Å². The molecule has 7 heteroatoms. The number of nitrogens with zero attached hydrogens (tertiary/aromatic N) is 3. The van der Waals surface area contributed by atoms with Crippen molar-refractivity contribution >= 4 is 29.1 Å². The molecule has 1 aliphatic carbocycles. The predicted molar refractivity (Wildman–Crippen MR) is 126 cm³/mol. The van der Waals surface area contributed by atoms with E-state index in [2.05, 4.69) is 15.3 Å². The number of carbonyl (C=O) groups is 2. The molecule has 2 aromatic heterocycles. The lowest BCUT2D eigenvalue weighted by Crippen LogP contribution is -2.30. The van der Waals surface area contributed by atoms with E-state index in [1.54, 1.807) is 42.5 Å². The van der Waals surface area contributed by atoms with E-state index in [-0.39, 0.29) is 11.8 Å². The Kier molecular flexibility index (Phi) is 6.81. The maximum absolute atomic E-state index is 12.4. The van der Waals surface area contributed by atoms with Crippen molar-refractivity contribution in [2.75, 3.05) is 18.0 Å². The van der Waals surface area contributed by atoms with Crippen LogP contribution in [0.4, 0.5) is 5.69 Å². The number of rotatable bonds is 8. The summed E-state index contributed by atoms with van der Waals surface area (Å²) >= 11 is 6.52. The van der Waals surface area contributed by atoms with Crippen LogP contribution >= 0.6 is 11.6 Å². The van der Waals surface area contributed by atoms with E-state index in [1.165, 1.54) is 0 Å². The molecule has 0 bridgehead atoms. The number of aromatic nitrogens is 2. The first-order valence-corrected chi connectivity index (χ1v) is 11.1. The van der Waals surface area contributed by atoms with Crippen LogP contribution in [0.1, 0.15) is 35.7 Å². The smallest absolute Gasteiger partial charge is 0.252 e. The minimum Gasteiger partial charge on any atom is -0.352 e. The zero-order valence-corrected chi connectivity index (χ0v) is 18.7. The molecular weight excluding hydrogens is 424 g/mol.